The number of para-hydroxylation sites is 1. The number of piperazine rings is 1. The molecule has 3 heterocycles. The van der Waals surface area contributed by atoms with E-state index in [1.54, 1.807) is 14.7 Å². The third-order valence-corrected chi connectivity index (χ3v) is 6.63. The van der Waals surface area contributed by atoms with E-state index in [2.05, 4.69) is 10.2 Å². The van der Waals surface area contributed by atoms with Gasteiger partial charge in [0.1, 0.15) is 5.75 Å². The number of morpholine rings is 1. The first-order chi connectivity index (χ1) is 17.0. The zero-order valence-corrected chi connectivity index (χ0v) is 20.4. The van der Waals surface area contributed by atoms with Gasteiger partial charge in [0.15, 0.2) is 10.9 Å². The van der Waals surface area contributed by atoms with Crippen LogP contribution in [0.2, 0.25) is 5.15 Å². The van der Waals surface area contributed by atoms with Gasteiger partial charge in [0, 0.05) is 45.3 Å². The zero-order valence-electron chi connectivity index (χ0n) is 19.6. The lowest BCUT2D eigenvalue weighted by atomic mass is 10.1. The Labute approximate surface area is 208 Å². The molecule has 2 aliphatic heterocycles. The number of amides is 3. The van der Waals surface area contributed by atoms with Crippen molar-refractivity contribution in [2.75, 3.05) is 52.5 Å². The van der Waals surface area contributed by atoms with Crippen molar-refractivity contribution < 1.29 is 23.8 Å². The van der Waals surface area contributed by atoms with Gasteiger partial charge in [-0.05, 0) is 36.8 Å². The number of benzene rings is 1. The number of ether oxygens (including phenoxy) is 3. The van der Waals surface area contributed by atoms with Crippen molar-refractivity contribution in [1.82, 2.24) is 24.9 Å². The van der Waals surface area contributed by atoms with Crippen molar-refractivity contribution in [3.63, 3.8) is 0 Å². The molecule has 0 spiro atoms. The summed E-state index contributed by atoms with van der Waals surface area (Å²) >= 11 is 6.05. The first-order valence-corrected chi connectivity index (χ1v) is 12.3. The molecule has 1 saturated carbocycles. The summed E-state index contributed by atoms with van der Waals surface area (Å²) in [5.74, 6) is 1.36. The molecule has 3 fully saturated rings. The second-order valence-corrected chi connectivity index (χ2v) is 9.32. The molecular formula is C24H28ClN5O5. The number of rotatable bonds is 4. The molecule has 1 aromatic heterocycles. The number of urea groups is 1. The molecule has 0 radical (unpaired) electrons. The second-order valence-electron chi connectivity index (χ2n) is 8.93. The number of aryl methyl sites for hydroxylation is 1. The molecule has 5 rings (SSSR count). The predicted molar refractivity (Wildman–Crippen MR) is 127 cm³/mol. The van der Waals surface area contributed by atoms with Crippen LogP contribution in [-0.4, -0.2) is 89.5 Å². The number of hydrogen-bond donors (Lipinski definition) is 0. The molecule has 2 aromatic rings. The third kappa shape index (κ3) is 5.43. The highest BCUT2D eigenvalue weighted by atomic mass is 35.5. The molecule has 11 heteroatoms. The molecule has 10 nitrogen and oxygen atoms in total. The monoisotopic (exact) mass is 501 g/mol. The smallest absolute Gasteiger partial charge is 0.415 e. The molecule has 1 aliphatic carbocycles. The van der Waals surface area contributed by atoms with Crippen LogP contribution < -0.4 is 9.47 Å². The van der Waals surface area contributed by atoms with E-state index < -0.39 is 6.09 Å². The fourth-order valence-corrected chi connectivity index (χ4v) is 4.44. The van der Waals surface area contributed by atoms with E-state index >= 15 is 0 Å². The van der Waals surface area contributed by atoms with Crippen LogP contribution in [0.1, 0.15) is 29.9 Å². The van der Waals surface area contributed by atoms with Gasteiger partial charge < -0.3 is 28.9 Å². The van der Waals surface area contributed by atoms with Crippen molar-refractivity contribution in [2.45, 2.75) is 25.7 Å². The molecule has 0 bridgehead atoms. The number of aromatic nitrogens is 2. The SMILES string of the molecule is Cc1cccc(C2CC2)c1Oc1nnc(Cl)cc1OC(=O)N1CCN(C(=O)N2CCOCC2)CC1. The van der Waals surface area contributed by atoms with Gasteiger partial charge in [-0.1, -0.05) is 29.8 Å². The Morgan fingerprint density at radius 1 is 1.00 bits per heavy atom. The van der Waals surface area contributed by atoms with E-state index in [0.29, 0.717) is 64.1 Å². The molecule has 3 aliphatic rings. The van der Waals surface area contributed by atoms with Crippen LogP contribution in [0.5, 0.6) is 17.4 Å². The van der Waals surface area contributed by atoms with Gasteiger partial charge >= 0.3 is 12.1 Å². The van der Waals surface area contributed by atoms with Crippen LogP contribution in [0.25, 0.3) is 0 Å². The number of nitrogens with zero attached hydrogens (tertiary/aromatic N) is 5. The molecule has 186 valence electrons. The lowest BCUT2D eigenvalue weighted by Gasteiger charge is -2.38. The lowest BCUT2D eigenvalue weighted by molar-refractivity contribution is 0.0381. The van der Waals surface area contributed by atoms with E-state index in [9.17, 15) is 9.59 Å². The maximum absolute atomic E-state index is 12.9. The Morgan fingerprint density at radius 2 is 1.69 bits per heavy atom. The van der Waals surface area contributed by atoms with Crippen LogP contribution in [0, 0.1) is 6.92 Å². The summed E-state index contributed by atoms with van der Waals surface area (Å²) in [6, 6.07) is 7.43. The van der Waals surface area contributed by atoms with Crippen molar-refractivity contribution >= 4 is 23.7 Å². The van der Waals surface area contributed by atoms with Gasteiger partial charge in [-0.2, -0.15) is 0 Å². The standard InChI is InChI=1S/C24H28ClN5O5/c1-16-3-2-4-18(17-5-6-17)21(16)35-22-19(15-20(25)26-27-22)34-24(32)30-9-7-28(8-10-30)23(31)29-11-13-33-14-12-29/h2-4,15,17H,5-14H2,1H3. The molecule has 0 N–H and O–H groups in total. The highest BCUT2D eigenvalue weighted by Gasteiger charge is 2.31. The van der Waals surface area contributed by atoms with E-state index in [1.807, 2.05) is 25.1 Å². The lowest BCUT2D eigenvalue weighted by Crippen LogP contribution is -2.56. The summed E-state index contributed by atoms with van der Waals surface area (Å²) in [5.41, 5.74) is 2.07. The fourth-order valence-electron chi connectivity index (χ4n) is 4.31. The average molecular weight is 502 g/mol. The molecule has 3 amide bonds. The van der Waals surface area contributed by atoms with Crippen molar-refractivity contribution in [3.8, 4) is 17.4 Å². The maximum atomic E-state index is 12.9. The van der Waals surface area contributed by atoms with E-state index in [0.717, 1.165) is 24.0 Å². The van der Waals surface area contributed by atoms with E-state index in [4.69, 9.17) is 25.8 Å². The number of hydrogen-bond acceptors (Lipinski definition) is 7. The summed E-state index contributed by atoms with van der Waals surface area (Å²) in [6.07, 6.45) is 1.69. The van der Waals surface area contributed by atoms with Crippen molar-refractivity contribution in [3.05, 3.63) is 40.5 Å². The van der Waals surface area contributed by atoms with Crippen molar-refractivity contribution in [2.24, 2.45) is 0 Å². The van der Waals surface area contributed by atoms with Crippen LogP contribution in [0.3, 0.4) is 0 Å². The number of carbonyl (C=O) groups excluding carboxylic acids is 2. The maximum Gasteiger partial charge on any atom is 0.415 e. The minimum Gasteiger partial charge on any atom is -0.434 e. The fraction of sp³-hybridized carbons (Fsp3) is 0.500. The summed E-state index contributed by atoms with van der Waals surface area (Å²) in [7, 11) is 0. The normalized spacial score (nSPS) is 18.4. The highest BCUT2D eigenvalue weighted by Crippen LogP contribution is 2.46. The van der Waals surface area contributed by atoms with E-state index in [-0.39, 0.29) is 22.8 Å². The van der Waals surface area contributed by atoms with Crippen LogP contribution in [0.15, 0.2) is 24.3 Å². The van der Waals surface area contributed by atoms with Gasteiger partial charge in [0.05, 0.1) is 13.2 Å². The minimum absolute atomic E-state index is 0.0215. The largest absolute Gasteiger partial charge is 0.434 e. The first kappa shape index (κ1) is 23.6. The van der Waals surface area contributed by atoms with Gasteiger partial charge in [0.2, 0.25) is 0 Å². The Balaban J connectivity index is 1.24. The zero-order chi connectivity index (χ0) is 24.4. The highest BCUT2D eigenvalue weighted by molar-refractivity contribution is 6.29. The van der Waals surface area contributed by atoms with Gasteiger partial charge in [-0.15, -0.1) is 10.2 Å². The van der Waals surface area contributed by atoms with E-state index in [1.165, 1.54) is 6.07 Å². The summed E-state index contributed by atoms with van der Waals surface area (Å²) in [5, 5.41) is 8.02. The summed E-state index contributed by atoms with van der Waals surface area (Å²) in [4.78, 5) is 30.7. The number of carbonyl (C=O) groups is 2. The van der Waals surface area contributed by atoms with Gasteiger partial charge in [-0.25, -0.2) is 9.59 Å². The van der Waals surface area contributed by atoms with Crippen LogP contribution in [0.4, 0.5) is 9.59 Å². The molecule has 1 aromatic carbocycles. The molecule has 2 saturated heterocycles. The summed E-state index contributed by atoms with van der Waals surface area (Å²) in [6.45, 7) is 5.82. The van der Waals surface area contributed by atoms with Gasteiger partial charge in [-0.3, -0.25) is 0 Å². The quantitative estimate of drug-likeness (QED) is 0.630. The Kier molecular flexibility index (Phi) is 6.92. The first-order valence-electron chi connectivity index (χ1n) is 11.9. The molecule has 35 heavy (non-hydrogen) atoms. The predicted octanol–water partition coefficient (Wildman–Crippen LogP) is 3.68. The minimum atomic E-state index is -0.551. The average Bonchev–Trinajstić information content (AvgIpc) is 3.72. The number of halogens is 1. The summed E-state index contributed by atoms with van der Waals surface area (Å²) < 4.78 is 17.1. The Bertz CT molecular complexity index is 1100. The molecule has 0 unspecified atom stereocenters. The Hall–Kier alpha value is -3.11. The molecule has 0 atom stereocenters. The van der Waals surface area contributed by atoms with Gasteiger partial charge in [0.25, 0.3) is 5.88 Å². The topological polar surface area (TPSA) is 97.3 Å². The Morgan fingerprint density at radius 3 is 2.40 bits per heavy atom. The molecular weight excluding hydrogens is 474 g/mol. The van der Waals surface area contributed by atoms with Crippen molar-refractivity contribution in [1.29, 1.82) is 0 Å². The van der Waals surface area contributed by atoms with Crippen LogP contribution in [-0.2, 0) is 4.74 Å². The van der Waals surface area contributed by atoms with Crippen LogP contribution >= 0.6 is 11.6 Å². The second kappa shape index (κ2) is 10.2. The third-order valence-electron chi connectivity index (χ3n) is 6.44.